The first-order valence-corrected chi connectivity index (χ1v) is 10.6. The molecule has 8 heteroatoms. The summed E-state index contributed by atoms with van der Waals surface area (Å²) in [5, 5.41) is 3.48. The third-order valence-electron chi connectivity index (χ3n) is 5.67. The van der Waals surface area contributed by atoms with Gasteiger partial charge in [0.1, 0.15) is 10.8 Å². The normalized spacial score (nSPS) is 20.3. The Morgan fingerprint density at radius 1 is 1.31 bits per heavy atom. The number of hydrogen-bond acceptors (Lipinski definition) is 5. The summed E-state index contributed by atoms with van der Waals surface area (Å²) in [6.07, 6.45) is 2.56. The Morgan fingerprint density at radius 2 is 2.07 bits per heavy atom. The molecule has 1 saturated heterocycles. The van der Waals surface area contributed by atoms with Crippen molar-refractivity contribution in [3.05, 3.63) is 51.7 Å². The van der Waals surface area contributed by atoms with E-state index in [1.807, 2.05) is 11.8 Å². The third-order valence-corrected chi connectivity index (χ3v) is 6.88. The van der Waals surface area contributed by atoms with E-state index in [0.717, 1.165) is 35.3 Å². The van der Waals surface area contributed by atoms with Crippen LogP contribution in [0.4, 0.5) is 9.39 Å². The fourth-order valence-corrected chi connectivity index (χ4v) is 5.33. The van der Waals surface area contributed by atoms with Crippen molar-refractivity contribution >= 4 is 28.2 Å². The Balaban J connectivity index is 1.45. The van der Waals surface area contributed by atoms with Gasteiger partial charge >= 0.3 is 0 Å². The molecule has 4 rings (SSSR count). The molecule has 2 aromatic rings. The van der Waals surface area contributed by atoms with Crippen molar-refractivity contribution in [3.8, 4) is 0 Å². The SMILES string of the molecule is CC(C(=O)Nc1sc2c(c1C(N)=O)CCC2)N1CCOC(c2ccc(F)cc2)C1. The van der Waals surface area contributed by atoms with Gasteiger partial charge in [-0.3, -0.25) is 14.5 Å². The summed E-state index contributed by atoms with van der Waals surface area (Å²) in [6, 6.07) is 5.84. The lowest BCUT2D eigenvalue weighted by atomic mass is 10.1. The number of halogens is 1. The molecule has 2 atom stereocenters. The lowest BCUT2D eigenvalue weighted by Crippen LogP contribution is -2.48. The monoisotopic (exact) mass is 417 g/mol. The second kappa shape index (κ2) is 8.22. The van der Waals surface area contributed by atoms with Crippen molar-refractivity contribution in [1.82, 2.24) is 4.90 Å². The van der Waals surface area contributed by atoms with E-state index in [4.69, 9.17) is 10.5 Å². The number of anilines is 1. The van der Waals surface area contributed by atoms with E-state index in [2.05, 4.69) is 5.32 Å². The van der Waals surface area contributed by atoms with Gasteiger partial charge in [0.25, 0.3) is 5.91 Å². The van der Waals surface area contributed by atoms with Crippen LogP contribution in [0.5, 0.6) is 0 Å². The zero-order chi connectivity index (χ0) is 20.5. The number of primary amides is 1. The van der Waals surface area contributed by atoms with Gasteiger partial charge in [-0.15, -0.1) is 11.3 Å². The first-order valence-electron chi connectivity index (χ1n) is 9.80. The number of nitrogens with one attached hydrogen (secondary N) is 1. The van der Waals surface area contributed by atoms with Gasteiger partial charge < -0.3 is 15.8 Å². The Kier molecular flexibility index (Phi) is 5.67. The van der Waals surface area contributed by atoms with Gasteiger partial charge in [0.2, 0.25) is 5.91 Å². The molecular formula is C21H24FN3O3S. The van der Waals surface area contributed by atoms with E-state index < -0.39 is 11.9 Å². The average Bonchev–Trinajstić information content (AvgIpc) is 3.28. The standard InChI is InChI=1S/C21H24FN3O3S/c1-12(25-9-10-28-16(11-25)13-5-7-14(22)8-6-13)20(27)24-21-18(19(23)26)15-3-2-4-17(15)29-21/h5-8,12,16H,2-4,9-11H2,1H3,(H2,23,26)(H,24,27). The number of rotatable bonds is 5. The molecule has 2 amide bonds. The lowest BCUT2D eigenvalue weighted by Gasteiger charge is -2.36. The van der Waals surface area contributed by atoms with Crippen LogP contribution in [0.2, 0.25) is 0 Å². The second-order valence-electron chi connectivity index (χ2n) is 7.50. The molecule has 1 aromatic carbocycles. The van der Waals surface area contributed by atoms with Crippen LogP contribution in [-0.2, 0) is 22.4 Å². The predicted octanol–water partition coefficient (Wildman–Crippen LogP) is 2.88. The number of carbonyl (C=O) groups excluding carboxylic acids is 2. The number of benzene rings is 1. The van der Waals surface area contributed by atoms with E-state index in [1.54, 1.807) is 12.1 Å². The number of ether oxygens (including phenoxy) is 1. The molecule has 1 fully saturated rings. The summed E-state index contributed by atoms with van der Waals surface area (Å²) in [7, 11) is 0. The quantitative estimate of drug-likeness (QED) is 0.784. The first-order chi connectivity index (χ1) is 13.9. The van der Waals surface area contributed by atoms with Crippen LogP contribution >= 0.6 is 11.3 Å². The van der Waals surface area contributed by atoms with Crippen LogP contribution in [0.25, 0.3) is 0 Å². The van der Waals surface area contributed by atoms with Gasteiger partial charge in [-0.1, -0.05) is 12.1 Å². The molecule has 0 spiro atoms. The maximum absolute atomic E-state index is 13.2. The van der Waals surface area contributed by atoms with Gasteiger partial charge in [-0.25, -0.2) is 4.39 Å². The molecule has 2 aliphatic rings. The molecule has 3 N–H and O–H groups in total. The van der Waals surface area contributed by atoms with Crippen LogP contribution in [0.15, 0.2) is 24.3 Å². The molecule has 0 bridgehead atoms. The molecule has 1 aliphatic heterocycles. The number of nitrogens with two attached hydrogens (primary N) is 1. The number of hydrogen-bond donors (Lipinski definition) is 2. The highest BCUT2D eigenvalue weighted by Gasteiger charge is 2.31. The van der Waals surface area contributed by atoms with Crippen molar-refractivity contribution in [3.63, 3.8) is 0 Å². The minimum Gasteiger partial charge on any atom is -0.371 e. The van der Waals surface area contributed by atoms with E-state index in [1.165, 1.54) is 23.5 Å². The van der Waals surface area contributed by atoms with Gasteiger partial charge in [0.05, 0.1) is 24.3 Å². The zero-order valence-electron chi connectivity index (χ0n) is 16.2. The van der Waals surface area contributed by atoms with E-state index >= 15 is 0 Å². The number of carbonyl (C=O) groups is 2. The molecule has 154 valence electrons. The highest BCUT2D eigenvalue weighted by molar-refractivity contribution is 7.17. The fraction of sp³-hybridized carbons (Fsp3) is 0.429. The topological polar surface area (TPSA) is 84.7 Å². The van der Waals surface area contributed by atoms with Crippen molar-refractivity contribution in [2.24, 2.45) is 5.73 Å². The molecule has 29 heavy (non-hydrogen) atoms. The first kappa shape index (κ1) is 20.0. The van der Waals surface area contributed by atoms with Gasteiger partial charge in [0.15, 0.2) is 0 Å². The average molecular weight is 418 g/mol. The maximum atomic E-state index is 13.2. The maximum Gasteiger partial charge on any atom is 0.251 e. The second-order valence-corrected chi connectivity index (χ2v) is 8.60. The Hall–Kier alpha value is -2.29. The van der Waals surface area contributed by atoms with Crippen molar-refractivity contribution in [2.75, 3.05) is 25.0 Å². The Morgan fingerprint density at radius 3 is 2.79 bits per heavy atom. The van der Waals surface area contributed by atoms with Crippen molar-refractivity contribution in [1.29, 1.82) is 0 Å². The lowest BCUT2D eigenvalue weighted by molar-refractivity contribution is -0.124. The van der Waals surface area contributed by atoms with E-state index in [0.29, 0.717) is 30.3 Å². The number of thiophene rings is 1. The minimum atomic E-state index is -0.491. The van der Waals surface area contributed by atoms with Gasteiger partial charge in [-0.05, 0) is 49.4 Å². The zero-order valence-corrected chi connectivity index (χ0v) is 17.1. The summed E-state index contributed by atoms with van der Waals surface area (Å²) < 4.78 is 19.0. The summed E-state index contributed by atoms with van der Waals surface area (Å²) in [4.78, 5) is 28.0. The van der Waals surface area contributed by atoms with Gasteiger partial charge in [0, 0.05) is 18.0 Å². The predicted molar refractivity (Wildman–Crippen MR) is 110 cm³/mol. The number of aryl methyl sites for hydroxylation is 1. The number of fused-ring (bicyclic) bond motifs is 1. The molecule has 2 heterocycles. The van der Waals surface area contributed by atoms with Crippen LogP contribution < -0.4 is 11.1 Å². The summed E-state index contributed by atoms with van der Waals surface area (Å²) >= 11 is 1.46. The van der Waals surface area contributed by atoms with E-state index in [9.17, 15) is 14.0 Å². The Bertz CT molecular complexity index is 928. The summed E-state index contributed by atoms with van der Waals surface area (Å²) in [5.74, 6) is -0.954. The highest BCUT2D eigenvalue weighted by Crippen LogP contribution is 2.39. The molecule has 0 radical (unpaired) electrons. The number of morpholine rings is 1. The summed E-state index contributed by atoms with van der Waals surface area (Å²) in [5.41, 5.74) is 7.93. The van der Waals surface area contributed by atoms with E-state index in [-0.39, 0.29) is 17.8 Å². The van der Waals surface area contributed by atoms with Crippen LogP contribution in [-0.4, -0.2) is 42.5 Å². The molecule has 0 saturated carbocycles. The largest absolute Gasteiger partial charge is 0.371 e. The number of amides is 2. The minimum absolute atomic E-state index is 0.174. The summed E-state index contributed by atoms with van der Waals surface area (Å²) in [6.45, 7) is 3.48. The van der Waals surface area contributed by atoms with Crippen LogP contribution in [0.1, 0.15) is 45.8 Å². The van der Waals surface area contributed by atoms with Crippen molar-refractivity contribution in [2.45, 2.75) is 38.3 Å². The molecular weight excluding hydrogens is 393 g/mol. The van der Waals surface area contributed by atoms with Crippen molar-refractivity contribution < 1.29 is 18.7 Å². The third kappa shape index (κ3) is 4.05. The smallest absolute Gasteiger partial charge is 0.251 e. The molecule has 6 nitrogen and oxygen atoms in total. The highest BCUT2D eigenvalue weighted by atomic mass is 32.1. The molecule has 1 aliphatic carbocycles. The van der Waals surface area contributed by atoms with Gasteiger partial charge in [-0.2, -0.15) is 0 Å². The molecule has 1 aromatic heterocycles. The van der Waals surface area contributed by atoms with Crippen LogP contribution in [0.3, 0.4) is 0 Å². The number of nitrogens with zero attached hydrogens (tertiary/aromatic N) is 1. The molecule has 2 unspecified atom stereocenters. The fourth-order valence-electron chi connectivity index (χ4n) is 4.04. The van der Waals surface area contributed by atoms with Crippen LogP contribution in [0, 0.1) is 5.82 Å². The Labute approximate surface area is 172 Å².